The van der Waals surface area contributed by atoms with Crippen LogP contribution in [0.4, 0.5) is 10.5 Å². The lowest BCUT2D eigenvalue weighted by Gasteiger charge is -2.05. The first-order valence-electron chi connectivity index (χ1n) is 5.41. The normalized spacial score (nSPS) is 10.2. The van der Waals surface area contributed by atoms with Gasteiger partial charge in [0.15, 0.2) is 5.69 Å². The number of benzene rings is 1. The number of carbonyl (C=O) groups excluding carboxylic acids is 2. The fourth-order valence-corrected chi connectivity index (χ4v) is 1.76. The Hall–Kier alpha value is -2.05. The van der Waals surface area contributed by atoms with Gasteiger partial charge in [-0.25, -0.2) is 4.79 Å². The van der Waals surface area contributed by atoms with Crippen LogP contribution >= 0.6 is 23.2 Å². The molecule has 0 aliphatic heterocycles. The van der Waals surface area contributed by atoms with Gasteiger partial charge in [-0.3, -0.25) is 4.79 Å². The predicted octanol–water partition coefficient (Wildman–Crippen LogP) is 3.06. The maximum absolute atomic E-state index is 12.0. The molecule has 0 fully saturated rings. The summed E-state index contributed by atoms with van der Waals surface area (Å²) in [4.78, 5) is 23.2. The van der Waals surface area contributed by atoms with Crippen LogP contribution in [0.5, 0.6) is 0 Å². The highest BCUT2D eigenvalue weighted by molar-refractivity contribution is 6.35. The molecular formula is C12H9Cl2N3O3. The lowest BCUT2D eigenvalue weighted by atomic mass is 10.3. The van der Waals surface area contributed by atoms with E-state index in [4.69, 9.17) is 23.2 Å². The van der Waals surface area contributed by atoms with Crippen LogP contribution in [-0.2, 0) is 4.74 Å². The minimum Gasteiger partial charge on any atom is -0.451 e. The summed E-state index contributed by atoms with van der Waals surface area (Å²) in [5.41, 5.74) is 0.406. The van der Waals surface area contributed by atoms with Crippen LogP contribution in [0.3, 0.4) is 0 Å². The van der Waals surface area contributed by atoms with Gasteiger partial charge in [0, 0.05) is 11.2 Å². The molecule has 0 spiro atoms. The molecule has 1 N–H and O–H groups in total. The van der Waals surface area contributed by atoms with Crippen LogP contribution in [-0.4, -0.2) is 28.9 Å². The molecule has 0 aliphatic rings. The second-order valence-corrected chi connectivity index (χ2v) is 4.54. The molecule has 1 amide bonds. The van der Waals surface area contributed by atoms with Crippen LogP contribution in [0.1, 0.15) is 10.5 Å². The summed E-state index contributed by atoms with van der Waals surface area (Å²) >= 11 is 11.8. The minimum absolute atomic E-state index is 0.0476. The average molecular weight is 314 g/mol. The Bertz CT molecular complexity index is 670. The third-order valence-corrected chi connectivity index (χ3v) is 2.92. The molecular weight excluding hydrogens is 305 g/mol. The molecule has 2 aromatic rings. The number of hydrogen-bond donors (Lipinski definition) is 1. The summed E-state index contributed by atoms with van der Waals surface area (Å²) in [7, 11) is 1.22. The molecule has 6 nitrogen and oxygen atoms in total. The number of rotatable bonds is 2. The monoisotopic (exact) mass is 313 g/mol. The standard InChI is InChI=1S/C12H9Cl2N3O3/c1-20-12(19)17-5-4-9(16-17)11(18)15-10-6-7(13)2-3-8(10)14/h2-6H,1H3,(H,15,18). The SMILES string of the molecule is COC(=O)n1ccc(C(=O)Nc2cc(Cl)ccc2Cl)n1. The average Bonchev–Trinajstić information content (AvgIpc) is 2.91. The second kappa shape index (κ2) is 5.94. The smallest absolute Gasteiger partial charge is 0.434 e. The number of amides is 1. The van der Waals surface area contributed by atoms with Crippen molar-refractivity contribution in [2.75, 3.05) is 12.4 Å². The van der Waals surface area contributed by atoms with Crippen molar-refractivity contribution < 1.29 is 14.3 Å². The maximum Gasteiger partial charge on any atom is 0.434 e. The zero-order valence-corrected chi connectivity index (χ0v) is 11.8. The van der Waals surface area contributed by atoms with E-state index in [-0.39, 0.29) is 5.69 Å². The molecule has 20 heavy (non-hydrogen) atoms. The van der Waals surface area contributed by atoms with Gasteiger partial charge in [0.1, 0.15) is 0 Å². The van der Waals surface area contributed by atoms with E-state index in [9.17, 15) is 9.59 Å². The first-order valence-corrected chi connectivity index (χ1v) is 6.17. The van der Waals surface area contributed by atoms with Gasteiger partial charge in [0.05, 0.1) is 17.8 Å². The number of methoxy groups -OCH3 is 1. The highest BCUT2D eigenvalue weighted by Crippen LogP contribution is 2.25. The molecule has 1 heterocycles. The number of halogens is 2. The second-order valence-electron chi connectivity index (χ2n) is 3.69. The van der Waals surface area contributed by atoms with Gasteiger partial charge < -0.3 is 10.1 Å². The van der Waals surface area contributed by atoms with Crippen molar-refractivity contribution in [3.05, 3.63) is 46.2 Å². The third-order valence-electron chi connectivity index (χ3n) is 2.36. The molecule has 8 heteroatoms. The Balaban J connectivity index is 2.18. The van der Waals surface area contributed by atoms with Crippen LogP contribution in [0.25, 0.3) is 0 Å². The molecule has 0 bridgehead atoms. The Morgan fingerprint density at radius 3 is 2.75 bits per heavy atom. The Kier molecular flexibility index (Phi) is 4.26. The molecule has 1 aromatic carbocycles. The van der Waals surface area contributed by atoms with Crippen LogP contribution in [0, 0.1) is 0 Å². The predicted molar refractivity (Wildman–Crippen MR) is 74.4 cm³/mol. The molecule has 2 rings (SSSR count). The molecule has 1 aromatic heterocycles. The molecule has 0 saturated heterocycles. The third kappa shape index (κ3) is 3.09. The summed E-state index contributed by atoms with van der Waals surface area (Å²) in [6.07, 6.45) is 0.630. The van der Waals surface area contributed by atoms with Crippen molar-refractivity contribution in [3.63, 3.8) is 0 Å². The van der Waals surface area contributed by atoms with E-state index in [1.165, 1.54) is 25.4 Å². The van der Waals surface area contributed by atoms with E-state index in [1.54, 1.807) is 12.1 Å². The molecule has 0 aliphatic carbocycles. The lowest BCUT2D eigenvalue weighted by molar-refractivity contribution is 0.102. The molecule has 0 radical (unpaired) electrons. The number of aromatic nitrogens is 2. The van der Waals surface area contributed by atoms with Gasteiger partial charge in [0.2, 0.25) is 0 Å². The lowest BCUT2D eigenvalue weighted by Crippen LogP contribution is -2.16. The Labute approximate surface area is 124 Å². The number of nitrogens with zero attached hydrogens (tertiary/aromatic N) is 2. The van der Waals surface area contributed by atoms with Gasteiger partial charge in [0.25, 0.3) is 5.91 Å². The van der Waals surface area contributed by atoms with Crippen molar-refractivity contribution in [3.8, 4) is 0 Å². The molecule has 104 valence electrons. The first-order chi connectivity index (χ1) is 9.51. The fraction of sp³-hybridized carbons (Fsp3) is 0.0833. The number of nitrogens with one attached hydrogen (secondary N) is 1. The summed E-state index contributed by atoms with van der Waals surface area (Å²) in [6.45, 7) is 0. The molecule has 0 unspecified atom stereocenters. The van der Waals surface area contributed by atoms with E-state index in [1.807, 2.05) is 0 Å². The van der Waals surface area contributed by atoms with Crippen LogP contribution in [0.2, 0.25) is 10.0 Å². The highest BCUT2D eigenvalue weighted by atomic mass is 35.5. The quantitative estimate of drug-likeness (QED) is 0.924. The number of ether oxygens (including phenoxy) is 1. The summed E-state index contributed by atoms with van der Waals surface area (Å²) in [5.74, 6) is -0.517. The van der Waals surface area contributed by atoms with E-state index in [0.29, 0.717) is 15.7 Å². The zero-order chi connectivity index (χ0) is 14.7. The van der Waals surface area contributed by atoms with Crippen molar-refractivity contribution in [2.24, 2.45) is 0 Å². The molecule has 0 atom stereocenters. The largest absolute Gasteiger partial charge is 0.451 e. The highest BCUT2D eigenvalue weighted by Gasteiger charge is 2.14. The fourth-order valence-electron chi connectivity index (χ4n) is 1.42. The minimum atomic E-state index is -0.690. The van der Waals surface area contributed by atoms with Crippen molar-refractivity contribution in [1.29, 1.82) is 0 Å². The van der Waals surface area contributed by atoms with Crippen LogP contribution in [0.15, 0.2) is 30.5 Å². The summed E-state index contributed by atoms with van der Waals surface area (Å²) in [6, 6.07) is 6.06. The van der Waals surface area contributed by atoms with Gasteiger partial charge in [-0.2, -0.15) is 9.78 Å². The van der Waals surface area contributed by atoms with Gasteiger partial charge in [-0.1, -0.05) is 23.2 Å². The Morgan fingerprint density at radius 1 is 1.30 bits per heavy atom. The van der Waals surface area contributed by atoms with Crippen molar-refractivity contribution in [2.45, 2.75) is 0 Å². The van der Waals surface area contributed by atoms with E-state index >= 15 is 0 Å². The topological polar surface area (TPSA) is 73.2 Å². The van der Waals surface area contributed by atoms with Gasteiger partial charge in [-0.15, -0.1) is 0 Å². The van der Waals surface area contributed by atoms with Crippen molar-refractivity contribution in [1.82, 2.24) is 9.78 Å². The summed E-state index contributed by atoms with van der Waals surface area (Å²) < 4.78 is 5.38. The van der Waals surface area contributed by atoms with E-state index in [0.717, 1.165) is 4.68 Å². The van der Waals surface area contributed by atoms with E-state index in [2.05, 4.69) is 15.2 Å². The van der Waals surface area contributed by atoms with Gasteiger partial charge >= 0.3 is 6.09 Å². The first kappa shape index (κ1) is 14.4. The number of hydrogen-bond acceptors (Lipinski definition) is 4. The molecule has 0 saturated carbocycles. The zero-order valence-electron chi connectivity index (χ0n) is 10.3. The van der Waals surface area contributed by atoms with Crippen molar-refractivity contribution >= 4 is 40.9 Å². The maximum atomic E-state index is 12.0. The summed E-state index contributed by atoms with van der Waals surface area (Å²) in [5, 5.41) is 7.12. The Morgan fingerprint density at radius 2 is 2.05 bits per heavy atom. The number of anilines is 1. The number of carbonyl (C=O) groups is 2. The van der Waals surface area contributed by atoms with E-state index < -0.39 is 12.0 Å². The van der Waals surface area contributed by atoms with Gasteiger partial charge in [-0.05, 0) is 24.3 Å². The van der Waals surface area contributed by atoms with Crippen LogP contribution < -0.4 is 5.32 Å².